The number of carbonyl (C=O) groups excluding carboxylic acids is 1. The van der Waals surface area contributed by atoms with Crippen LogP contribution in [0.3, 0.4) is 0 Å². The Labute approximate surface area is 318 Å². The number of aryl methyl sites for hydroxylation is 2. The van der Waals surface area contributed by atoms with Crippen LogP contribution in [0.15, 0.2) is 77.1 Å². The van der Waals surface area contributed by atoms with Gasteiger partial charge in [0, 0.05) is 23.7 Å². The van der Waals surface area contributed by atoms with Gasteiger partial charge in [0.15, 0.2) is 5.03 Å². The van der Waals surface area contributed by atoms with Crippen molar-refractivity contribution < 1.29 is 40.0 Å². The minimum Gasteiger partial charge on any atom is -0.500 e. The Morgan fingerprint density at radius 2 is 1.70 bits per heavy atom. The fourth-order valence-electron chi connectivity index (χ4n) is 8.30. The average Bonchev–Trinajstić information content (AvgIpc) is 3.08. The highest BCUT2D eigenvalue weighted by Crippen LogP contribution is 2.59. The SMILES string of the molecule is [2H]c1nc(S(=O)(=O)Nc2cccc([C@H](C3=C(OC)C(C)(C)[C@@](C(C)CCC)(C(C)Cc4ccc(C)c(C)c4)OC3=O)C(C)(C)CC)c2)c([2H])c([2H])c1C(F)(F)F. The van der Waals surface area contributed by atoms with Gasteiger partial charge >= 0.3 is 12.1 Å². The summed E-state index contributed by atoms with van der Waals surface area (Å²) in [5.74, 6) is -0.957. The number of methoxy groups -OCH3 is 1. The summed E-state index contributed by atoms with van der Waals surface area (Å²) in [6.45, 7) is 20.6. The van der Waals surface area contributed by atoms with Crippen molar-refractivity contribution >= 4 is 21.7 Å². The number of rotatable bonds is 14. The van der Waals surface area contributed by atoms with Crippen LogP contribution in [0.5, 0.6) is 0 Å². The number of hydrogen-bond donors (Lipinski definition) is 1. The van der Waals surface area contributed by atoms with Crippen molar-refractivity contribution in [2.75, 3.05) is 11.8 Å². The number of sulfonamides is 1. The number of anilines is 1. The Hall–Kier alpha value is -3.86. The van der Waals surface area contributed by atoms with E-state index in [4.69, 9.17) is 13.6 Å². The van der Waals surface area contributed by atoms with Gasteiger partial charge in [-0.15, -0.1) is 0 Å². The maximum Gasteiger partial charge on any atom is 0.417 e. The minimum atomic E-state index is -5.18. The summed E-state index contributed by atoms with van der Waals surface area (Å²) in [4.78, 5) is 18.2. The molecule has 1 aliphatic heterocycles. The lowest BCUT2D eigenvalue weighted by Crippen LogP contribution is -2.62. The van der Waals surface area contributed by atoms with Gasteiger partial charge in [-0.1, -0.05) is 84.7 Å². The van der Waals surface area contributed by atoms with Gasteiger partial charge < -0.3 is 9.47 Å². The smallest absolute Gasteiger partial charge is 0.417 e. The third kappa shape index (κ3) is 8.15. The normalized spacial score (nSPS) is 20.5. The molecule has 2 heterocycles. The van der Waals surface area contributed by atoms with Crippen LogP contribution in [0.2, 0.25) is 0 Å². The Morgan fingerprint density at radius 3 is 2.28 bits per heavy atom. The molecule has 11 heteroatoms. The minimum absolute atomic E-state index is 0.0329. The number of ether oxygens (including phenoxy) is 2. The molecule has 290 valence electrons. The first-order chi connectivity index (χ1) is 25.8. The zero-order valence-corrected chi connectivity index (χ0v) is 33.4. The highest BCUT2D eigenvalue weighted by atomic mass is 32.2. The molecule has 4 atom stereocenters. The number of esters is 1. The van der Waals surface area contributed by atoms with E-state index in [-0.39, 0.29) is 17.5 Å². The second-order valence-corrected chi connectivity index (χ2v) is 17.2. The predicted octanol–water partition coefficient (Wildman–Crippen LogP) is 10.6. The van der Waals surface area contributed by atoms with Crippen LogP contribution in [0.1, 0.15) is 112 Å². The summed E-state index contributed by atoms with van der Waals surface area (Å²) in [6.07, 6.45) is -3.76. The van der Waals surface area contributed by atoms with E-state index in [1.807, 2.05) is 20.8 Å². The largest absolute Gasteiger partial charge is 0.500 e. The summed E-state index contributed by atoms with van der Waals surface area (Å²) >= 11 is 0. The monoisotopic (exact) mass is 759 g/mol. The number of nitrogens with one attached hydrogen (secondary N) is 1. The number of halogens is 3. The van der Waals surface area contributed by atoms with Crippen molar-refractivity contribution in [2.24, 2.45) is 22.7 Å². The van der Waals surface area contributed by atoms with Crippen molar-refractivity contribution in [3.63, 3.8) is 0 Å². The first-order valence-corrected chi connectivity index (χ1v) is 19.6. The highest BCUT2D eigenvalue weighted by molar-refractivity contribution is 7.92. The van der Waals surface area contributed by atoms with E-state index < -0.39 is 73.4 Å². The van der Waals surface area contributed by atoms with Gasteiger partial charge in [-0.05, 0) is 98.3 Å². The van der Waals surface area contributed by atoms with Crippen LogP contribution < -0.4 is 4.72 Å². The second kappa shape index (κ2) is 15.5. The number of carbonyl (C=O) groups is 1. The van der Waals surface area contributed by atoms with Gasteiger partial charge in [0.2, 0.25) is 0 Å². The average molecular weight is 760 g/mol. The van der Waals surface area contributed by atoms with Gasteiger partial charge in [0.05, 0.1) is 27.8 Å². The predicted molar refractivity (Wildman–Crippen MR) is 203 cm³/mol. The maximum atomic E-state index is 14.9. The van der Waals surface area contributed by atoms with E-state index in [9.17, 15) is 26.4 Å². The molecule has 0 spiro atoms. The number of pyridine rings is 1. The Kier molecular flexibility index (Phi) is 10.9. The molecular weight excluding hydrogens is 702 g/mol. The lowest BCUT2D eigenvalue weighted by molar-refractivity contribution is -0.206. The summed E-state index contributed by atoms with van der Waals surface area (Å²) in [5.41, 5.74) is 0.0423. The van der Waals surface area contributed by atoms with Crippen LogP contribution in [0.4, 0.5) is 18.9 Å². The molecule has 0 fully saturated rings. The number of alkyl halides is 3. The van der Waals surface area contributed by atoms with E-state index in [2.05, 4.69) is 76.4 Å². The summed E-state index contributed by atoms with van der Waals surface area (Å²) in [5, 5.41) is -1.19. The topological polar surface area (TPSA) is 94.6 Å². The molecule has 0 saturated carbocycles. The summed E-state index contributed by atoms with van der Waals surface area (Å²) in [6, 6.07) is 9.88. The van der Waals surface area contributed by atoms with E-state index in [1.165, 1.54) is 23.3 Å². The highest BCUT2D eigenvalue weighted by Gasteiger charge is 2.62. The molecule has 3 aromatic rings. The Balaban J connectivity index is 1.89. The van der Waals surface area contributed by atoms with Crippen LogP contribution >= 0.6 is 0 Å². The third-order valence-corrected chi connectivity index (χ3v) is 12.5. The number of nitrogens with zero attached hydrogens (tertiary/aromatic N) is 1. The van der Waals surface area contributed by atoms with Crippen molar-refractivity contribution in [2.45, 2.75) is 118 Å². The standard InChI is InChI=1S/C42H55F3N2O5S/c1-12-15-28(5)41(29(6)23-30-19-18-26(3)27(4)22-30)40(9,10)37(51-11)35(38(48)52-41)36(39(7,8)13-2)31-16-14-17-33(24-31)47-53(49,50)34-21-20-32(25-46-34)42(43,44)45/h14,16-22,24-25,28-29,36,47H,12-13,15,23H2,1-11H3/t28?,29?,36-,41-/m1/s1/i20D,21D,25D. The first kappa shape index (κ1) is 37.5. The molecule has 0 saturated heterocycles. The van der Waals surface area contributed by atoms with Gasteiger partial charge in [-0.25, -0.2) is 9.78 Å². The molecule has 2 unspecified atom stereocenters. The molecule has 1 N–H and O–H groups in total. The van der Waals surface area contributed by atoms with Gasteiger partial charge in [0.1, 0.15) is 11.4 Å². The van der Waals surface area contributed by atoms with Gasteiger partial charge in [0.25, 0.3) is 10.0 Å². The number of hydrogen-bond acceptors (Lipinski definition) is 6. The van der Waals surface area contributed by atoms with E-state index >= 15 is 0 Å². The molecule has 1 aliphatic rings. The van der Waals surface area contributed by atoms with Crippen LogP contribution in [0, 0.1) is 36.5 Å². The molecule has 7 nitrogen and oxygen atoms in total. The second-order valence-electron chi connectivity index (χ2n) is 15.6. The van der Waals surface area contributed by atoms with Crippen molar-refractivity contribution in [3.8, 4) is 0 Å². The lowest BCUT2D eigenvalue weighted by atomic mass is 9.56. The molecule has 0 bridgehead atoms. The van der Waals surface area contributed by atoms with Crippen molar-refractivity contribution in [3.05, 3.63) is 99.9 Å². The van der Waals surface area contributed by atoms with E-state index in [0.29, 0.717) is 29.7 Å². The molecule has 53 heavy (non-hydrogen) atoms. The molecular formula is C42H55F3N2O5S. The molecule has 1 aromatic heterocycles. The van der Waals surface area contributed by atoms with Crippen molar-refractivity contribution in [1.29, 1.82) is 0 Å². The maximum absolute atomic E-state index is 14.9. The molecule has 2 aromatic carbocycles. The number of benzene rings is 2. The fraction of sp³-hybridized carbons (Fsp3) is 0.524. The van der Waals surface area contributed by atoms with Gasteiger partial charge in [-0.3, -0.25) is 4.72 Å². The fourth-order valence-corrected chi connectivity index (χ4v) is 9.18. The van der Waals surface area contributed by atoms with E-state index in [1.54, 1.807) is 19.2 Å². The number of aromatic nitrogens is 1. The molecule has 0 aliphatic carbocycles. The third-order valence-electron chi connectivity index (χ3n) is 11.3. The quantitative estimate of drug-likeness (QED) is 0.165. The molecule has 4 rings (SSSR count). The van der Waals surface area contributed by atoms with Crippen LogP contribution in [-0.4, -0.2) is 32.1 Å². The zero-order valence-electron chi connectivity index (χ0n) is 35.6. The zero-order chi connectivity index (χ0) is 42.3. The Morgan fingerprint density at radius 1 is 1.02 bits per heavy atom. The summed E-state index contributed by atoms with van der Waals surface area (Å²) in [7, 11) is -3.31. The molecule has 0 amide bonds. The van der Waals surface area contributed by atoms with Crippen LogP contribution in [-0.2, 0) is 36.9 Å². The summed E-state index contributed by atoms with van der Waals surface area (Å²) < 4.78 is 107. The van der Waals surface area contributed by atoms with E-state index in [0.717, 1.165) is 18.4 Å². The van der Waals surface area contributed by atoms with Crippen LogP contribution in [0.25, 0.3) is 0 Å². The lowest BCUT2D eigenvalue weighted by Gasteiger charge is -2.57. The number of cyclic esters (lactones) is 1. The van der Waals surface area contributed by atoms with Gasteiger partial charge in [-0.2, -0.15) is 21.6 Å². The van der Waals surface area contributed by atoms with Crippen molar-refractivity contribution in [1.82, 2.24) is 4.98 Å². The Bertz CT molecular complexity index is 2120. The first-order valence-electron chi connectivity index (χ1n) is 19.6. The molecule has 0 radical (unpaired) electrons.